The molecule has 0 unspecified atom stereocenters. The predicted octanol–water partition coefficient (Wildman–Crippen LogP) is 5.21. The van der Waals surface area contributed by atoms with Crippen LogP contribution in [-0.2, 0) is 0 Å². The average molecular weight is 349 g/mol. The van der Waals surface area contributed by atoms with Crippen molar-refractivity contribution in [1.82, 2.24) is 0 Å². The Balaban J connectivity index is 1.90. The van der Waals surface area contributed by atoms with Crippen molar-refractivity contribution in [3.8, 4) is 5.75 Å². The van der Waals surface area contributed by atoms with Gasteiger partial charge in [0.1, 0.15) is 5.75 Å². The van der Waals surface area contributed by atoms with E-state index >= 15 is 0 Å². The summed E-state index contributed by atoms with van der Waals surface area (Å²) in [7, 11) is 1.77. The van der Waals surface area contributed by atoms with Gasteiger partial charge in [0, 0.05) is 18.1 Å². The molecule has 0 atom stereocenters. The molecule has 2 amide bonds. The first-order valence-electron chi connectivity index (χ1n) is 7.38. The first-order chi connectivity index (χ1) is 11.1. The fourth-order valence-electron chi connectivity index (χ4n) is 2.26. The van der Waals surface area contributed by atoms with E-state index in [-0.39, 0.29) is 6.03 Å². The second-order valence-electron chi connectivity index (χ2n) is 5.18. The van der Waals surface area contributed by atoms with E-state index < -0.39 is 0 Å². The Bertz CT molecular complexity index is 721. The Kier molecular flexibility index (Phi) is 4.68. The molecule has 3 rings (SSSR count). The van der Waals surface area contributed by atoms with E-state index in [1.807, 2.05) is 30.3 Å². The molecule has 120 valence electrons. The number of urea groups is 1. The summed E-state index contributed by atoms with van der Waals surface area (Å²) < 4.78 is 7.31. The van der Waals surface area contributed by atoms with Gasteiger partial charge in [0.05, 0.1) is 22.9 Å². The van der Waals surface area contributed by atoms with Crippen molar-refractivity contribution in [2.45, 2.75) is 18.2 Å². The summed E-state index contributed by atoms with van der Waals surface area (Å²) in [5.41, 5.74) is 1.66. The molecule has 1 heterocycles. The maximum Gasteiger partial charge on any atom is 0.339 e. The number of hydrogen-bond acceptors (Lipinski definition) is 3. The van der Waals surface area contributed by atoms with Crippen molar-refractivity contribution in [3.63, 3.8) is 0 Å². The summed E-state index contributed by atoms with van der Waals surface area (Å²) in [6.07, 6.45) is 0.949. The van der Waals surface area contributed by atoms with Crippen molar-refractivity contribution in [1.29, 1.82) is 0 Å². The van der Waals surface area contributed by atoms with E-state index in [9.17, 15) is 4.79 Å². The molecule has 1 aliphatic heterocycles. The maximum atomic E-state index is 12.7. The number of benzene rings is 2. The lowest BCUT2D eigenvalue weighted by atomic mass is 10.2. The molecule has 0 aliphatic carbocycles. The summed E-state index contributed by atoms with van der Waals surface area (Å²) in [6, 6.07) is 13.0. The van der Waals surface area contributed by atoms with Gasteiger partial charge in [-0.15, -0.1) is 0 Å². The highest BCUT2D eigenvalue weighted by Crippen LogP contribution is 2.42. The zero-order valence-electron chi connectivity index (χ0n) is 13.0. The largest absolute Gasteiger partial charge is 0.494 e. The van der Waals surface area contributed by atoms with Crippen LogP contribution in [0.4, 0.5) is 16.2 Å². The lowest BCUT2D eigenvalue weighted by molar-refractivity contribution is 0.255. The zero-order valence-corrected chi connectivity index (χ0v) is 14.5. The highest BCUT2D eigenvalue weighted by atomic mass is 35.5. The van der Waals surface area contributed by atoms with Gasteiger partial charge in [-0.2, -0.15) is 0 Å². The minimum absolute atomic E-state index is 0.0996. The van der Waals surface area contributed by atoms with Gasteiger partial charge in [-0.05, 0) is 54.8 Å². The quantitative estimate of drug-likeness (QED) is 0.711. The van der Waals surface area contributed by atoms with Gasteiger partial charge in [0.25, 0.3) is 0 Å². The third-order valence-electron chi connectivity index (χ3n) is 3.48. The number of hydrogen-bond donors (Lipinski definition) is 0. The zero-order chi connectivity index (χ0) is 16.4. The first-order valence-corrected chi connectivity index (χ1v) is 8.53. The minimum Gasteiger partial charge on any atom is -0.494 e. The molecular formula is C17H17ClN2O2S. The molecule has 0 fully saturated rings. The number of anilines is 2. The van der Waals surface area contributed by atoms with Crippen LogP contribution in [-0.4, -0.2) is 19.7 Å². The topological polar surface area (TPSA) is 32.8 Å². The molecule has 2 aromatic carbocycles. The van der Waals surface area contributed by atoms with Crippen LogP contribution in [0.5, 0.6) is 5.75 Å². The van der Waals surface area contributed by atoms with Crippen molar-refractivity contribution in [2.24, 2.45) is 0 Å². The van der Waals surface area contributed by atoms with E-state index in [2.05, 4.69) is 6.92 Å². The summed E-state index contributed by atoms with van der Waals surface area (Å²) in [5.74, 6) is 0.783. The van der Waals surface area contributed by atoms with E-state index in [0.29, 0.717) is 11.6 Å². The normalized spacial score (nSPS) is 14.0. The maximum absolute atomic E-state index is 12.7. The van der Waals surface area contributed by atoms with Gasteiger partial charge >= 0.3 is 6.03 Å². The van der Waals surface area contributed by atoms with Gasteiger partial charge < -0.3 is 4.74 Å². The number of ether oxygens (including phenoxy) is 1. The van der Waals surface area contributed by atoms with Gasteiger partial charge in [-0.1, -0.05) is 18.5 Å². The predicted molar refractivity (Wildman–Crippen MR) is 95.8 cm³/mol. The second kappa shape index (κ2) is 6.72. The molecule has 2 aromatic rings. The van der Waals surface area contributed by atoms with Crippen LogP contribution in [0.15, 0.2) is 47.4 Å². The monoisotopic (exact) mass is 348 g/mol. The van der Waals surface area contributed by atoms with Gasteiger partial charge in [0.15, 0.2) is 0 Å². The number of halogens is 1. The fourth-order valence-corrected chi connectivity index (χ4v) is 3.43. The summed E-state index contributed by atoms with van der Waals surface area (Å²) in [6.45, 7) is 2.73. The third-order valence-corrected chi connectivity index (χ3v) is 4.82. The van der Waals surface area contributed by atoms with Gasteiger partial charge in [0.2, 0.25) is 0 Å². The van der Waals surface area contributed by atoms with Crippen LogP contribution >= 0.6 is 23.5 Å². The number of carbonyl (C=O) groups excluding carboxylic acids is 1. The van der Waals surface area contributed by atoms with Crippen LogP contribution < -0.4 is 13.9 Å². The molecule has 23 heavy (non-hydrogen) atoms. The minimum atomic E-state index is -0.0996. The van der Waals surface area contributed by atoms with E-state index in [4.69, 9.17) is 16.3 Å². The van der Waals surface area contributed by atoms with Crippen LogP contribution in [0.25, 0.3) is 0 Å². The van der Waals surface area contributed by atoms with Gasteiger partial charge in [-0.25, -0.2) is 9.10 Å². The highest BCUT2D eigenvalue weighted by molar-refractivity contribution is 8.01. The summed E-state index contributed by atoms with van der Waals surface area (Å²) in [5, 5.41) is 0.648. The summed E-state index contributed by atoms with van der Waals surface area (Å²) >= 11 is 7.33. The molecule has 1 aliphatic rings. The molecule has 0 aromatic heterocycles. The Morgan fingerprint density at radius 3 is 2.61 bits per heavy atom. The Morgan fingerprint density at radius 2 is 1.91 bits per heavy atom. The molecule has 6 heteroatoms. The van der Waals surface area contributed by atoms with Crippen molar-refractivity contribution in [3.05, 3.63) is 47.5 Å². The van der Waals surface area contributed by atoms with Crippen LogP contribution in [0.2, 0.25) is 5.02 Å². The molecule has 0 spiro atoms. The number of fused-ring (bicyclic) bond motifs is 1. The third kappa shape index (κ3) is 3.26. The van der Waals surface area contributed by atoms with Crippen LogP contribution in [0, 0.1) is 0 Å². The first kappa shape index (κ1) is 16.0. The fraction of sp³-hybridized carbons (Fsp3) is 0.235. The van der Waals surface area contributed by atoms with Gasteiger partial charge in [-0.3, -0.25) is 4.90 Å². The van der Waals surface area contributed by atoms with Crippen LogP contribution in [0.3, 0.4) is 0 Å². The standard InChI is InChI=1S/C17H17ClN2O2S/c1-3-10-22-14-8-9-16-15(11-14)19(2)17(21)20(23-16)13-6-4-12(18)5-7-13/h4-9,11H,3,10H2,1-2H3. The lowest BCUT2D eigenvalue weighted by Crippen LogP contribution is -2.40. The van der Waals surface area contributed by atoms with Crippen LogP contribution in [0.1, 0.15) is 13.3 Å². The molecule has 0 N–H and O–H groups in total. The van der Waals surface area contributed by atoms with Crippen molar-refractivity contribution < 1.29 is 9.53 Å². The Morgan fingerprint density at radius 1 is 1.17 bits per heavy atom. The molecule has 0 saturated carbocycles. The van der Waals surface area contributed by atoms with E-state index in [1.165, 1.54) is 11.9 Å². The van der Waals surface area contributed by atoms with Crippen molar-refractivity contribution in [2.75, 3.05) is 22.9 Å². The highest BCUT2D eigenvalue weighted by Gasteiger charge is 2.30. The van der Waals surface area contributed by atoms with Crippen molar-refractivity contribution >= 4 is 41.0 Å². The molecule has 0 bridgehead atoms. The Labute approximate surface area is 145 Å². The average Bonchev–Trinajstić information content (AvgIpc) is 2.57. The van der Waals surface area contributed by atoms with E-state index in [0.717, 1.165) is 28.4 Å². The number of carbonyl (C=O) groups is 1. The Hall–Kier alpha value is -1.85. The summed E-state index contributed by atoms with van der Waals surface area (Å²) in [4.78, 5) is 15.3. The lowest BCUT2D eigenvalue weighted by Gasteiger charge is -2.33. The SMILES string of the molecule is CCCOc1ccc2c(c1)N(C)C(=O)N(c1ccc(Cl)cc1)S2. The second-order valence-corrected chi connectivity index (χ2v) is 6.61. The molecule has 0 radical (unpaired) electrons. The number of nitrogens with zero attached hydrogens (tertiary/aromatic N) is 2. The smallest absolute Gasteiger partial charge is 0.339 e. The van der Waals surface area contributed by atoms with E-state index in [1.54, 1.807) is 28.4 Å². The molecular weight excluding hydrogens is 332 g/mol. The number of rotatable bonds is 4. The molecule has 4 nitrogen and oxygen atoms in total. The number of amides is 2. The molecule has 0 saturated heterocycles.